The minimum absolute atomic E-state index is 0.207. The summed E-state index contributed by atoms with van der Waals surface area (Å²) in [5, 5.41) is 4.15. The fraction of sp³-hybridized carbons (Fsp3) is 0.600. The summed E-state index contributed by atoms with van der Waals surface area (Å²) in [6.45, 7) is 7.56. The number of rotatable bonds is 7. The highest BCUT2D eigenvalue weighted by molar-refractivity contribution is 6.31. The largest absolute Gasteiger partial charge is 0.314 e. The Bertz CT molecular complexity index is 366. The zero-order valence-electron chi connectivity index (χ0n) is 11.5. The SMILES string of the molecule is CCNC(CCCc1cc(F)ccc1Cl)C(C)C. The van der Waals surface area contributed by atoms with Gasteiger partial charge in [-0.1, -0.05) is 32.4 Å². The molecule has 0 saturated carbocycles. The van der Waals surface area contributed by atoms with Crippen LogP contribution in [0.5, 0.6) is 0 Å². The van der Waals surface area contributed by atoms with Crippen molar-refractivity contribution in [2.24, 2.45) is 5.92 Å². The molecule has 102 valence electrons. The molecule has 0 fully saturated rings. The average molecular weight is 272 g/mol. The Hall–Kier alpha value is -0.600. The minimum atomic E-state index is -0.207. The molecule has 1 atom stereocenters. The van der Waals surface area contributed by atoms with Gasteiger partial charge in [0.05, 0.1) is 0 Å². The Morgan fingerprint density at radius 3 is 2.67 bits per heavy atom. The standard InChI is InChI=1S/C15H23ClFN/c1-4-18-15(11(2)3)7-5-6-12-10-13(17)8-9-14(12)16/h8-11,15,18H,4-7H2,1-3H3. The predicted octanol–water partition coefficient (Wildman–Crippen LogP) is 4.44. The fourth-order valence-corrected chi connectivity index (χ4v) is 2.39. The van der Waals surface area contributed by atoms with Crippen LogP contribution in [0.3, 0.4) is 0 Å². The van der Waals surface area contributed by atoms with E-state index in [-0.39, 0.29) is 5.82 Å². The van der Waals surface area contributed by atoms with E-state index in [2.05, 4.69) is 26.1 Å². The van der Waals surface area contributed by atoms with Gasteiger partial charge in [-0.15, -0.1) is 0 Å². The van der Waals surface area contributed by atoms with Crippen LogP contribution in [0.1, 0.15) is 39.2 Å². The lowest BCUT2D eigenvalue weighted by Crippen LogP contribution is -2.33. The van der Waals surface area contributed by atoms with Crippen molar-refractivity contribution in [2.45, 2.75) is 46.1 Å². The third kappa shape index (κ3) is 4.95. The van der Waals surface area contributed by atoms with Gasteiger partial charge in [0, 0.05) is 11.1 Å². The van der Waals surface area contributed by atoms with Gasteiger partial charge in [0.15, 0.2) is 0 Å². The highest BCUT2D eigenvalue weighted by Crippen LogP contribution is 2.20. The maximum atomic E-state index is 13.1. The quantitative estimate of drug-likeness (QED) is 0.773. The molecule has 0 aliphatic carbocycles. The van der Waals surface area contributed by atoms with Crippen LogP contribution >= 0.6 is 11.6 Å². The van der Waals surface area contributed by atoms with Gasteiger partial charge in [-0.05, 0) is 55.5 Å². The van der Waals surface area contributed by atoms with Crippen LogP contribution in [0.4, 0.5) is 4.39 Å². The van der Waals surface area contributed by atoms with Gasteiger partial charge in [-0.2, -0.15) is 0 Å². The highest BCUT2D eigenvalue weighted by Gasteiger charge is 2.11. The van der Waals surface area contributed by atoms with Gasteiger partial charge in [0.1, 0.15) is 5.82 Å². The molecule has 3 heteroatoms. The summed E-state index contributed by atoms with van der Waals surface area (Å²) in [5.41, 5.74) is 0.913. The van der Waals surface area contributed by atoms with Crippen LogP contribution < -0.4 is 5.32 Å². The number of benzene rings is 1. The van der Waals surface area contributed by atoms with Crippen molar-refractivity contribution < 1.29 is 4.39 Å². The summed E-state index contributed by atoms with van der Waals surface area (Å²) in [6, 6.07) is 5.11. The average Bonchev–Trinajstić information content (AvgIpc) is 2.32. The maximum absolute atomic E-state index is 13.1. The third-order valence-electron chi connectivity index (χ3n) is 3.24. The first kappa shape index (κ1) is 15.5. The van der Waals surface area contributed by atoms with Crippen molar-refractivity contribution in [3.05, 3.63) is 34.6 Å². The number of nitrogens with one attached hydrogen (secondary N) is 1. The van der Waals surface area contributed by atoms with E-state index >= 15 is 0 Å². The Balaban J connectivity index is 2.47. The molecule has 1 rings (SSSR count). The normalized spacial score (nSPS) is 13.0. The van der Waals surface area contributed by atoms with E-state index in [9.17, 15) is 4.39 Å². The monoisotopic (exact) mass is 271 g/mol. The van der Waals surface area contributed by atoms with Crippen LogP contribution in [0.25, 0.3) is 0 Å². The Morgan fingerprint density at radius 2 is 2.06 bits per heavy atom. The van der Waals surface area contributed by atoms with Crippen molar-refractivity contribution in [1.82, 2.24) is 5.32 Å². The lowest BCUT2D eigenvalue weighted by atomic mass is 9.97. The Kier molecular flexibility index (Phi) is 6.66. The number of hydrogen-bond acceptors (Lipinski definition) is 1. The third-order valence-corrected chi connectivity index (χ3v) is 3.61. The van der Waals surface area contributed by atoms with Gasteiger partial charge in [-0.25, -0.2) is 4.39 Å². The summed E-state index contributed by atoms with van der Waals surface area (Å²) in [7, 11) is 0. The van der Waals surface area contributed by atoms with Gasteiger partial charge < -0.3 is 5.32 Å². The summed E-state index contributed by atoms with van der Waals surface area (Å²) in [4.78, 5) is 0. The zero-order chi connectivity index (χ0) is 13.5. The van der Waals surface area contributed by atoms with Crippen molar-refractivity contribution in [3.63, 3.8) is 0 Å². The van der Waals surface area contributed by atoms with Crippen LogP contribution in [0.2, 0.25) is 5.02 Å². The first-order valence-electron chi connectivity index (χ1n) is 6.72. The number of hydrogen-bond donors (Lipinski definition) is 1. The van der Waals surface area contributed by atoms with E-state index in [0.29, 0.717) is 17.0 Å². The molecule has 0 aliphatic rings. The molecule has 1 aromatic carbocycles. The van der Waals surface area contributed by atoms with Crippen LogP contribution in [0, 0.1) is 11.7 Å². The van der Waals surface area contributed by atoms with E-state index in [1.807, 2.05) is 0 Å². The molecule has 0 spiro atoms. The van der Waals surface area contributed by atoms with Crippen LogP contribution in [-0.2, 0) is 6.42 Å². The van der Waals surface area contributed by atoms with E-state index in [1.54, 1.807) is 12.1 Å². The molecule has 18 heavy (non-hydrogen) atoms. The summed E-state index contributed by atoms with van der Waals surface area (Å²) in [5.74, 6) is 0.412. The molecule has 0 saturated heterocycles. The first-order valence-corrected chi connectivity index (χ1v) is 7.09. The van der Waals surface area contributed by atoms with Crippen molar-refractivity contribution >= 4 is 11.6 Å². The van der Waals surface area contributed by atoms with Gasteiger partial charge in [0.2, 0.25) is 0 Å². The summed E-state index contributed by atoms with van der Waals surface area (Å²) < 4.78 is 13.1. The molecular formula is C15H23ClFN. The summed E-state index contributed by atoms with van der Waals surface area (Å²) in [6.07, 6.45) is 2.96. The molecule has 0 bridgehead atoms. The predicted molar refractivity (Wildman–Crippen MR) is 76.7 cm³/mol. The van der Waals surface area contributed by atoms with E-state index < -0.39 is 0 Å². The molecule has 0 amide bonds. The minimum Gasteiger partial charge on any atom is -0.314 e. The lowest BCUT2D eigenvalue weighted by molar-refractivity contribution is 0.377. The molecule has 1 N–H and O–H groups in total. The lowest BCUT2D eigenvalue weighted by Gasteiger charge is -2.21. The molecular weight excluding hydrogens is 249 g/mol. The van der Waals surface area contributed by atoms with E-state index in [0.717, 1.165) is 31.4 Å². The van der Waals surface area contributed by atoms with Crippen molar-refractivity contribution in [2.75, 3.05) is 6.54 Å². The second kappa shape index (κ2) is 7.75. The number of aryl methyl sites for hydroxylation is 1. The van der Waals surface area contributed by atoms with Crippen LogP contribution in [-0.4, -0.2) is 12.6 Å². The second-order valence-corrected chi connectivity index (χ2v) is 5.44. The van der Waals surface area contributed by atoms with Crippen LogP contribution in [0.15, 0.2) is 18.2 Å². The maximum Gasteiger partial charge on any atom is 0.123 e. The smallest absolute Gasteiger partial charge is 0.123 e. The molecule has 1 unspecified atom stereocenters. The van der Waals surface area contributed by atoms with Crippen molar-refractivity contribution in [3.8, 4) is 0 Å². The molecule has 0 aliphatic heterocycles. The molecule has 0 aromatic heterocycles. The summed E-state index contributed by atoms with van der Waals surface area (Å²) >= 11 is 6.05. The fourth-order valence-electron chi connectivity index (χ4n) is 2.18. The molecule has 1 nitrogen and oxygen atoms in total. The Labute approximate surface area is 115 Å². The molecule has 1 aromatic rings. The zero-order valence-corrected chi connectivity index (χ0v) is 12.2. The van der Waals surface area contributed by atoms with Crippen molar-refractivity contribution in [1.29, 1.82) is 0 Å². The molecule has 0 heterocycles. The number of halogens is 2. The highest BCUT2D eigenvalue weighted by atomic mass is 35.5. The molecule has 0 radical (unpaired) electrons. The van der Waals surface area contributed by atoms with E-state index in [1.165, 1.54) is 6.07 Å². The van der Waals surface area contributed by atoms with Gasteiger partial charge in [0.25, 0.3) is 0 Å². The first-order chi connectivity index (χ1) is 8.54. The second-order valence-electron chi connectivity index (χ2n) is 5.04. The topological polar surface area (TPSA) is 12.0 Å². The van der Waals surface area contributed by atoms with Gasteiger partial charge >= 0.3 is 0 Å². The van der Waals surface area contributed by atoms with Gasteiger partial charge in [-0.3, -0.25) is 0 Å². The van der Waals surface area contributed by atoms with E-state index in [4.69, 9.17) is 11.6 Å². The Morgan fingerprint density at radius 1 is 1.33 bits per heavy atom.